The number of carbonyl (C=O) groups is 4. The first kappa shape index (κ1) is 28.7. The van der Waals surface area contributed by atoms with Crippen molar-refractivity contribution in [2.24, 2.45) is 0 Å². The predicted octanol–water partition coefficient (Wildman–Crippen LogP) is 2.11. The molecule has 2 aromatic rings. The molecule has 1 aliphatic carbocycles. The monoisotopic (exact) mass is 558 g/mol. The molecule has 4 atom stereocenters. The number of halogens is 1. The van der Waals surface area contributed by atoms with E-state index in [4.69, 9.17) is 32.0 Å². The molecule has 1 saturated heterocycles. The molecule has 39 heavy (non-hydrogen) atoms. The number of aliphatic hydroxyl groups is 2. The van der Waals surface area contributed by atoms with Crippen molar-refractivity contribution in [3.63, 3.8) is 0 Å². The quantitative estimate of drug-likeness (QED) is 0.417. The van der Waals surface area contributed by atoms with E-state index >= 15 is 0 Å². The number of rotatable bonds is 6. The largest absolute Gasteiger partial charge is 0.479 e. The zero-order valence-corrected chi connectivity index (χ0v) is 22.0. The van der Waals surface area contributed by atoms with Gasteiger partial charge in [-0.2, -0.15) is 0 Å². The van der Waals surface area contributed by atoms with Crippen molar-refractivity contribution in [3.8, 4) is 0 Å². The molecule has 0 saturated carbocycles. The molecule has 3 aliphatic rings. The number of amides is 1. The van der Waals surface area contributed by atoms with Gasteiger partial charge in [-0.3, -0.25) is 9.59 Å². The Labute approximate surface area is 230 Å². The number of nitrogens with zero attached hydrogens (tertiary/aromatic N) is 2. The number of carboxylic acid groups (broad SMARTS) is 2. The van der Waals surface area contributed by atoms with E-state index in [0.717, 1.165) is 31.6 Å². The van der Waals surface area contributed by atoms with Crippen molar-refractivity contribution >= 4 is 35.2 Å². The molecule has 10 nitrogen and oxygen atoms in total. The van der Waals surface area contributed by atoms with E-state index in [1.807, 2.05) is 4.90 Å². The first-order valence-electron chi connectivity index (χ1n) is 12.8. The number of benzene rings is 2. The summed E-state index contributed by atoms with van der Waals surface area (Å²) in [6, 6.07) is 13.8. The molecule has 0 spiro atoms. The predicted molar refractivity (Wildman–Crippen MR) is 141 cm³/mol. The van der Waals surface area contributed by atoms with Crippen molar-refractivity contribution in [3.05, 3.63) is 69.7 Å². The summed E-state index contributed by atoms with van der Waals surface area (Å²) in [4.78, 5) is 50.3. The summed E-state index contributed by atoms with van der Waals surface area (Å²) in [5.41, 5.74) is 4.05. The van der Waals surface area contributed by atoms with Crippen molar-refractivity contribution in [1.82, 2.24) is 9.80 Å². The van der Waals surface area contributed by atoms with Crippen LogP contribution in [0.25, 0.3) is 0 Å². The SMILES string of the molecule is O=C(O)C(O)C(O)C(=O)O.O=C1CC(C(=O)N2CCc3ccccc3C2CN2CCCC2)c2cc(Cl)ccc21. The molecule has 0 aromatic heterocycles. The molecule has 4 unspecified atom stereocenters. The number of likely N-dealkylation sites (tertiary alicyclic amines) is 1. The second-order valence-corrected chi connectivity index (χ2v) is 10.4. The highest BCUT2D eigenvalue weighted by Crippen LogP contribution is 2.39. The normalized spacial score (nSPS) is 21.8. The van der Waals surface area contributed by atoms with Gasteiger partial charge in [0, 0.05) is 30.1 Å². The van der Waals surface area contributed by atoms with Gasteiger partial charge in [-0.05, 0) is 67.2 Å². The van der Waals surface area contributed by atoms with Crippen molar-refractivity contribution < 1.29 is 39.6 Å². The van der Waals surface area contributed by atoms with Gasteiger partial charge in [0.05, 0.1) is 12.0 Å². The molecular formula is C28H31ClN2O8. The van der Waals surface area contributed by atoms with E-state index in [1.54, 1.807) is 18.2 Å². The van der Waals surface area contributed by atoms with Gasteiger partial charge in [0.1, 0.15) is 0 Å². The minimum absolute atomic E-state index is 0.0449. The van der Waals surface area contributed by atoms with Crippen molar-refractivity contribution in [2.45, 2.75) is 49.9 Å². The molecule has 4 N–H and O–H groups in total. The lowest BCUT2D eigenvalue weighted by Gasteiger charge is -2.40. The van der Waals surface area contributed by atoms with Crippen LogP contribution in [0.1, 0.15) is 58.3 Å². The fourth-order valence-corrected chi connectivity index (χ4v) is 5.67. The molecule has 1 fully saturated rings. The summed E-state index contributed by atoms with van der Waals surface area (Å²) in [6.45, 7) is 3.77. The van der Waals surface area contributed by atoms with E-state index in [-0.39, 0.29) is 24.2 Å². The standard InChI is InChI=1S/C24H25ClN2O2.C4H6O6/c25-17-7-8-19-20(13-17)21(14-23(19)28)24(29)27-12-9-16-5-1-2-6-18(16)22(27)15-26-10-3-4-11-26;5-1(3(7)8)2(6)4(9)10/h1-2,5-8,13,21-22H,3-4,9-12,14-15H2;1-2,5-6H,(H,7,8)(H,9,10). The Balaban J connectivity index is 0.000000303. The Morgan fingerprint density at radius 3 is 2.21 bits per heavy atom. The van der Waals surface area contributed by atoms with Gasteiger partial charge in [-0.1, -0.05) is 35.9 Å². The van der Waals surface area contributed by atoms with Crippen LogP contribution >= 0.6 is 11.6 Å². The van der Waals surface area contributed by atoms with Crippen LogP contribution in [0.3, 0.4) is 0 Å². The van der Waals surface area contributed by atoms with Crippen molar-refractivity contribution in [1.29, 1.82) is 0 Å². The molecule has 2 heterocycles. The number of carbonyl (C=O) groups excluding carboxylic acids is 2. The van der Waals surface area contributed by atoms with Crippen LogP contribution in [-0.4, -0.2) is 92.2 Å². The highest BCUT2D eigenvalue weighted by atomic mass is 35.5. The Morgan fingerprint density at radius 1 is 0.923 bits per heavy atom. The van der Waals surface area contributed by atoms with Gasteiger partial charge in [-0.15, -0.1) is 0 Å². The number of carboxylic acids is 2. The van der Waals surface area contributed by atoms with E-state index in [2.05, 4.69) is 29.2 Å². The van der Waals surface area contributed by atoms with Gasteiger partial charge in [-0.25, -0.2) is 9.59 Å². The number of Topliss-reactive ketones (excluding diaryl/α,β-unsaturated/α-hetero) is 1. The second-order valence-electron chi connectivity index (χ2n) is 9.98. The summed E-state index contributed by atoms with van der Waals surface area (Å²) in [5.74, 6) is -3.84. The number of fused-ring (bicyclic) bond motifs is 2. The minimum atomic E-state index is -2.27. The van der Waals surface area contributed by atoms with E-state index in [0.29, 0.717) is 17.1 Å². The van der Waals surface area contributed by atoms with Crippen LogP contribution in [0.4, 0.5) is 0 Å². The smallest absolute Gasteiger partial charge is 0.335 e. The maximum absolute atomic E-state index is 13.7. The number of aliphatic carboxylic acids is 2. The van der Waals surface area contributed by atoms with E-state index < -0.39 is 30.1 Å². The lowest BCUT2D eigenvalue weighted by molar-refractivity contribution is -0.165. The molecular weight excluding hydrogens is 528 g/mol. The molecule has 0 radical (unpaired) electrons. The third kappa shape index (κ3) is 6.30. The first-order chi connectivity index (χ1) is 18.6. The highest BCUT2D eigenvalue weighted by molar-refractivity contribution is 6.31. The molecule has 0 bridgehead atoms. The van der Waals surface area contributed by atoms with Crippen molar-refractivity contribution in [2.75, 3.05) is 26.2 Å². The Kier molecular flexibility index (Phi) is 9.01. The van der Waals surface area contributed by atoms with Gasteiger partial charge < -0.3 is 30.2 Å². The topological polar surface area (TPSA) is 156 Å². The summed E-state index contributed by atoms with van der Waals surface area (Å²) in [5, 5.41) is 33.1. The van der Waals surface area contributed by atoms with Gasteiger partial charge in [0.15, 0.2) is 18.0 Å². The molecule has 2 aliphatic heterocycles. The molecule has 2 aromatic carbocycles. The van der Waals surface area contributed by atoms with Gasteiger partial charge in [0.25, 0.3) is 0 Å². The number of hydrogen-bond acceptors (Lipinski definition) is 7. The first-order valence-corrected chi connectivity index (χ1v) is 13.2. The van der Waals surface area contributed by atoms with Gasteiger partial charge in [0.2, 0.25) is 5.91 Å². The Morgan fingerprint density at radius 2 is 1.56 bits per heavy atom. The molecule has 208 valence electrons. The lowest BCUT2D eigenvalue weighted by atomic mass is 9.90. The van der Waals surface area contributed by atoms with E-state index in [1.165, 1.54) is 24.0 Å². The maximum Gasteiger partial charge on any atom is 0.335 e. The van der Waals surface area contributed by atoms with Gasteiger partial charge >= 0.3 is 11.9 Å². The summed E-state index contributed by atoms with van der Waals surface area (Å²) < 4.78 is 0. The van der Waals surface area contributed by atoms with Crippen LogP contribution in [0.5, 0.6) is 0 Å². The third-order valence-electron chi connectivity index (χ3n) is 7.51. The van der Waals surface area contributed by atoms with E-state index in [9.17, 15) is 19.2 Å². The minimum Gasteiger partial charge on any atom is -0.479 e. The Bertz CT molecular complexity index is 1240. The average Bonchev–Trinajstić information content (AvgIpc) is 3.55. The molecule has 11 heteroatoms. The fourth-order valence-electron chi connectivity index (χ4n) is 5.49. The second kappa shape index (κ2) is 12.3. The summed E-state index contributed by atoms with van der Waals surface area (Å²) >= 11 is 6.19. The fraction of sp³-hybridized carbons (Fsp3) is 0.429. The zero-order valence-electron chi connectivity index (χ0n) is 21.2. The molecule has 1 amide bonds. The van der Waals surface area contributed by atoms with Crippen LogP contribution in [0.15, 0.2) is 42.5 Å². The van der Waals surface area contributed by atoms with Crippen LogP contribution in [-0.2, 0) is 20.8 Å². The third-order valence-corrected chi connectivity index (χ3v) is 7.74. The van der Waals surface area contributed by atoms with Crippen LogP contribution < -0.4 is 0 Å². The zero-order chi connectivity index (χ0) is 28.3. The lowest BCUT2D eigenvalue weighted by Crippen LogP contribution is -2.46. The number of aliphatic hydroxyl groups excluding tert-OH is 2. The van der Waals surface area contributed by atoms with Crippen LogP contribution in [0.2, 0.25) is 5.02 Å². The molecule has 5 rings (SSSR count). The number of ketones is 1. The summed E-state index contributed by atoms with van der Waals surface area (Å²) in [7, 11) is 0. The maximum atomic E-state index is 13.7. The Hall–Kier alpha value is -3.31. The van der Waals surface area contributed by atoms with Crippen LogP contribution in [0, 0.1) is 0 Å². The average molecular weight is 559 g/mol. The summed E-state index contributed by atoms with van der Waals surface area (Å²) in [6.07, 6.45) is -0.962. The highest BCUT2D eigenvalue weighted by Gasteiger charge is 2.41. The number of hydrogen-bond donors (Lipinski definition) is 4.